The lowest BCUT2D eigenvalue weighted by Gasteiger charge is -2.23. The molecule has 2 aliphatic rings. The molecule has 98 valence electrons. The molecule has 1 aromatic carbocycles. The predicted molar refractivity (Wildman–Crippen MR) is 76.0 cm³/mol. The maximum Gasteiger partial charge on any atom is 0.0438 e. The Bertz CT molecular complexity index is 438. The van der Waals surface area contributed by atoms with Gasteiger partial charge in [0, 0.05) is 24.7 Å². The molecule has 1 spiro atoms. The number of hydrogen-bond acceptors (Lipinski definition) is 2. The van der Waals surface area contributed by atoms with Crippen molar-refractivity contribution in [3.8, 4) is 0 Å². The van der Waals surface area contributed by atoms with Crippen LogP contribution in [0.2, 0.25) is 5.02 Å². The number of hydrogen-bond donors (Lipinski definition) is 1. The van der Waals surface area contributed by atoms with Crippen molar-refractivity contribution >= 4 is 11.6 Å². The van der Waals surface area contributed by atoms with Gasteiger partial charge in [0.1, 0.15) is 0 Å². The molecule has 0 radical (unpaired) electrons. The van der Waals surface area contributed by atoms with Crippen molar-refractivity contribution in [3.63, 3.8) is 0 Å². The minimum absolute atomic E-state index is 0.564. The fourth-order valence-electron chi connectivity index (χ4n) is 3.30. The van der Waals surface area contributed by atoms with Crippen molar-refractivity contribution in [2.45, 2.75) is 26.3 Å². The van der Waals surface area contributed by atoms with E-state index in [1.54, 1.807) is 0 Å². The first kappa shape index (κ1) is 12.5. The highest BCUT2D eigenvalue weighted by Crippen LogP contribution is 2.36. The van der Waals surface area contributed by atoms with Crippen LogP contribution in [0.1, 0.15) is 24.0 Å². The van der Waals surface area contributed by atoms with Gasteiger partial charge in [0.15, 0.2) is 0 Å². The summed E-state index contributed by atoms with van der Waals surface area (Å²) in [6.07, 6.45) is 2.69. The lowest BCUT2D eigenvalue weighted by Crippen LogP contribution is -2.28. The normalized spacial score (nSPS) is 28.3. The van der Waals surface area contributed by atoms with E-state index in [1.165, 1.54) is 50.1 Å². The molecule has 2 fully saturated rings. The van der Waals surface area contributed by atoms with Gasteiger partial charge in [-0.3, -0.25) is 4.90 Å². The zero-order valence-corrected chi connectivity index (χ0v) is 11.8. The summed E-state index contributed by atoms with van der Waals surface area (Å²) in [5.74, 6) is 0. The van der Waals surface area contributed by atoms with Crippen LogP contribution >= 0.6 is 11.6 Å². The summed E-state index contributed by atoms with van der Waals surface area (Å²) in [4.78, 5) is 2.58. The van der Waals surface area contributed by atoms with Crippen LogP contribution < -0.4 is 5.32 Å². The van der Waals surface area contributed by atoms with E-state index in [0.29, 0.717) is 5.41 Å². The summed E-state index contributed by atoms with van der Waals surface area (Å²) < 4.78 is 0. The summed E-state index contributed by atoms with van der Waals surface area (Å²) in [6.45, 7) is 7.98. The average Bonchev–Trinajstić information content (AvgIpc) is 2.96. The number of nitrogens with one attached hydrogen (secondary N) is 1. The fourth-order valence-corrected chi connectivity index (χ4v) is 3.50. The zero-order chi connectivity index (χ0) is 12.6. The van der Waals surface area contributed by atoms with Crippen LogP contribution in [0, 0.1) is 12.3 Å². The smallest absolute Gasteiger partial charge is 0.0438 e. The van der Waals surface area contributed by atoms with Crippen LogP contribution in [0.25, 0.3) is 0 Å². The molecule has 2 saturated heterocycles. The Hall–Kier alpha value is -0.570. The molecule has 2 heterocycles. The molecule has 1 atom stereocenters. The van der Waals surface area contributed by atoms with Crippen molar-refractivity contribution in [2.75, 3.05) is 26.2 Å². The zero-order valence-electron chi connectivity index (χ0n) is 11.0. The molecule has 3 rings (SSSR count). The summed E-state index contributed by atoms with van der Waals surface area (Å²) in [5.41, 5.74) is 3.07. The average molecular weight is 265 g/mol. The van der Waals surface area contributed by atoms with E-state index in [1.807, 2.05) is 0 Å². The molecule has 1 unspecified atom stereocenters. The van der Waals surface area contributed by atoms with Crippen molar-refractivity contribution < 1.29 is 0 Å². The van der Waals surface area contributed by atoms with Gasteiger partial charge < -0.3 is 5.32 Å². The Morgan fingerprint density at radius 3 is 3.00 bits per heavy atom. The van der Waals surface area contributed by atoms with Crippen LogP contribution in [0.15, 0.2) is 18.2 Å². The Morgan fingerprint density at radius 1 is 1.39 bits per heavy atom. The van der Waals surface area contributed by atoms with Gasteiger partial charge in [-0.2, -0.15) is 0 Å². The summed E-state index contributed by atoms with van der Waals surface area (Å²) in [6, 6.07) is 6.45. The number of benzene rings is 1. The lowest BCUT2D eigenvalue weighted by atomic mass is 9.86. The van der Waals surface area contributed by atoms with E-state index in [2.05, 4.69) is 35.3 Å². The number of nitrogens with zero attached hydrogens (tertiary/aromatic N) is 1. The number of rotatable bonds is 2. The van der Waals surface area contributed by atoms with Gasteiger partial charge in [0.2, 0.25) is 0 Å². The van der Waals surface area contributed by atoms with Gasteiger partial charge in [0.05, 0.1) is 0 Å². The van der Waals surface area contributed by atoms with Crippen LogP contribution in [-0.2, 0) is 6.54 Å². The van der Waals surface area contributed by atoms with Crippen LogP contribution in [0.4, 0.5) is 0 Å². The monoisotopic (exact) mass is 264 g/mol. The molecule has 18 heavy (non-hydrogen) atoms. The molecule has 0 aromatic heterocycles. The SMILES string of the molecule is Cc1ccc(CN2CCC3(CCNC3)C2)cc1Cl. The van der Waals surface area contributed by atoms with E-state index >= 15 is 0 Å². The van der Waals surface area contributed by atoms with Crippen molar-refractivity contribution in [1.82, 2.24) is 10.2 Å². The first-order valence-electron chi connectivity index (χ1n) is 6.85. The predicted octanol–water partition coefficient (Wildman–Crippen LogP) is 2.83. The third kappa shape index (κ3) is 2.42. The minimum Gasteiger partial charge on any atom is -0.316 e. The van der Waals surface area contributed by atoms with Gasteiger partial charge in [-0.25, -0.2) is 0 Å². The highest BCUT2D eigenvalue weighted by molar-refractivity contribution is 6.31. The Morgan fingerprint density at radius 2 is 2.28 bits per heavy atom. The van der Waals surface area contributed by atoms with Crippen LogP contribution in [-0.4, -0.2) is 31.1 Å². The summed E-state index contributed by atoms with van der Waals surface area (Å²) in [5, 5.41) is 4.40. The summed E-state index contributed by atoms with van der Waals surface area (Å²) >= 11 is 6.19. The lowest BCUT2D eigenvalue weighted by molar-refractivity contribution is 0.268. The van der Waals surface area contributed by atoms with Gasteiger partial charge >= 0.3 is 0 Å². The minimum atomic E-state index is 0.564. The van der Waals surface area contributed by atoms with E-state index in [0.717, 1.165) is 11.6 Å². The number of halogens is 1. The van der Waals surface area contributed by atoms with Crippen molar-refractivity contribution in [3.05, 3.63) is 34.3 Å². The third-order valence-corrected chi connectivity index (χ3v) is 4.90. The second kappa shape index (κ2) is 4.84. The first-order valence-corrected chi connectivity index (χ1v) is 7.23. The molecule has 1 N–H and O–H groups in total. The molecular formula is C15H21ClN2. The fraction of sp³-hybridized carbons (Fsp3) is 0.600. The van der Waals surface area contributed by atoms with Crippen LogP contribution in [0.5, 0.6) is 0 Å². The Kier molecular flexibility index (Phi) is 3.35. The quantitative estimate of drug-likeness (QED) is 0.884. The van der Waals surface area contributed by atoms with E-state index in [9.17, 15) is 0 Å². The van der Waals surface area contributed by atoms with Gasteiger partial charge in [-0.05, 0) is 55.5 Å². The molecule has 2 nitrogen and oxygen atoms in total. The second-order valence-corrected chi connectivity index (χ2v) is 6.38. The largest absolute Gasteiger partial charge is 0.316 e. The molecule has 2 aliphatic heterocycles. The summed E-state index contributed by atoms with van der Waals surface area (Å²) in [7, 11) is 0. The van der Waals surface area contributed by atoms with Gasteiger partial charge in [0.25, 0.3) is 0 Å². The third-order valence-electron chi connectivity index (χ3n) is 4.49. The second-order valence-electron chi connectivity index (χ2n) is 5.97. The number of likely N-dealkylation sites (tertiary alicyclic amines) is 1. The molecular weight excluding hydrogens is 244 g/mol. The highest BCUT2D eigenvalue weighted by Gasteiger charge is 2.39. The highest BCUT2D eigenvalue weighted by atomic mass is 35.5. The van der Waals surface area contributed by atoms with Gasteiger partial charge in [-0.1, -0.05) is 23.7 Å². The van der Waals surface area contributed by atoms with Crippen LogP contribution in [0.3, 0.4) is 0 Å². The van der Waals surface area contributed by atoms with E-state index in [4.69, 9.17) is 11.6 Å². The van der Waals surface area contributed by atoms with Crippen molar-refractivity contribution in [1.29, 1.82) is 0 Å². The Labute approximate surface area is 114 Å². The maximum absolute atomic E-state index is 6.19. The molecule has 0 bridgehead atoms. The topological polar surface area (TPSA) is 15.3 Å². The van der Waals surface area contributed by atoms with E-state index in [-0.39, 0.29) is 0 Å². The Balaban J connectivity index is 1.65. The standard InChI is InChI=1S/C15H21ClN2/c1-12-2-3-13(8-14(12)16)9-18-7-5-15(11-18)4-6-17-10-15/h2-3,8,17H,4-7,9-11H2,1H3. The molecule has 0 aliphatic carbocycles. The molecule has 1 aromatic rings. The molecule has 0 amide bonds. The van der Waals surface area contributed by atoms with Gasteiger partial charge in [-0.15, -0.1) is 0 Å². The first-order chi connectivity index (χ1) is 8.67. The molecule has 0 saturated carbocycles. The van der Waals surface area contributed by atoms with Crippen molar-refractivity contribution in [2.24, 2.45) is 5.41 Å². The maximum atomic E-state index is 6.19. The number of aryl methyl sites for hydroxylation is 1. The molecule has 3 heteroatoms. The van der Waals surface area contributed by atoms with E-state index < -0.39 is 0 Å².